The first-order chi connectivity index (χ1) is 12.8. The molecule has 0 aliphatic carbocycles. The molecule has 3 aromatic rings. The third kappa shape index (κ3) is 2.18. The van der Waals surface area contributed by atoms with Crippen LogP contribution in [0, 0.1) is 6.92 Å². The van der Waals surface area contributed by atoms with Crippen molar-refractivity contribution in [3.63, 3.8) is 0 Å². The molecule has 5 nitrogen and oxygen atoms in total. The zero-order valence-corrected chi connectivity index (χ0v) is 15.1. The van der Waals surface area contributed by atoms with E-state index in [0.29, 0.717) is 28.0 Å². The van der Waals surface area contributed by atoms with Crippen LogP contribution in [0.2, 0.25) is 0 Å². The van der Waals surface area contributed by atoms with Crippen molar-refractivity contribution in [3.05, 3.63) is 59.9 Å². The highest BCUT2D eigenvalue weighted by Gasteiger charge is 2.33. The summed E-state index contributed by atoms with van der Waals surface area (Å²) in [4.78, 5) is 12.4. The summed E-state index contributed by atoms with van der Waals surface area (Å²) in [5.41, 5.74) is 3.36. The van der Waals surface area contributed by atoms with Gasteiger partial charge in [0.1, 0.15) is 5.75 Å². The number of hydrogen-bond acceptors (Lipinski definition) is 5. The number of nitrogens with zero attached hydrogens (tertiary/aromatic N) is 3. The van der Waals surface area contributed by atoms with Crippen LogP contribution in [0.25, 0.3) is 0 Å². The predicted molar refractivity (Wildman–Crippen MR) is 99.9 cm³/mol. The van der Waals surface area contributed by atoms with Crippen LogP contribution in [0.3, 0.4) is 0 Å². The number of fused-ring (bicyclic) bond motifs is 3. The summed E-state index contributed by atoms with van der Waals surface area (Å²) in [6, 6.07) is 11.5. The highest BCUT2D eigenvalue weighted by atomic mass is 32.2. The van der Waals surface area contributed by atoms with E-state index < -0.39 is 10.8 Å². The molecule has 26 heavy (non-hydrogen) atoms. The Balaban J connectivity index is 1.81. The SMILES string of the molecule is Cc1ccc(N2c3ncccc3S(=O)c3cccnc32)c2c1CCCO2. The fraction of sp³-hybridized carbons (Fsp3) is 0.200. The minimum atomic E-state index is -1.30. The van der Waals surface area contributed by atoms with E-state index in [-0.39, 0.29) is 0 Å². The Labute approximate surface area is 154 Å². The normalized spacial score (nSPS) is 15.7. The summed E-state index contributed by atoms with van der Waals surface area (Å²) in [5, 5.41) is 0. The van der Waals surface area contributed by atoms with E-state index in [1.54, 1.807) is 12.4 Å². The highest BCUT2D eigenvalue weighted by molar-refractivity contribution is 7.85. The van der Waals surface area contributed by atoms with Gasteiger partial charge in [0.2, 0.25) is 0 Å². The summed E-state index contributed by atoms with van der Waals surface area (Å²) in [5.74, 6) is 2.19. The molecule has 2 aromatic heterocycles. The molecule has 0 radical (unpaired) electrons. The van der Waals surface area contributed by atoms with E-state index in [1.807, 2.05) is 35.2 Å². The second-order valence-corrected chi connectivity index (χ2v) is 7.83. The van der Waals surface area contributed by atoms with Gasteiger partial charge in [-0.05, 0) is 61.2 Å². The van der Waals surface area contributed by atoms with E-state index in [1.165, 1.54) is 11.1 Å². The van der Waals surface area contributed by atoms with E-state index in [9.17, 15) is 4.21 Å². The van der Waals surface area contributed by atoms with Crippen LogP contribution in [0.1, 0.15) is 17.5 Å². The van der Waals surface area contributed by atoms with Crippen LogP contribution < -0.4 is 9.64 Å². The Morgan fingerprint density at radius 2 is 1.73 bits per heavy atom. The molecule has 2 aliphatic heterocycles. The third-order valence-electron chi connectivity index (χ3n) is 4.86. The fourth-order valence-electron chi connectivity index (χ4n) is 3.62. The molecule has 6 heteroatoms. The second-order valence-electron chi connectivity index (χ2n) is 6.42. The Bertz CT molecular complexity index is 1000. The molecule has 0 saturated heterocycles. The van der Waals surface area contributed by atoms with E-state index >= 15 is 0 Å². The van der Waals surface area contributed by atoms with Gasteiger partial charge >= 0.3 is 0 Å². The molecule has 0 saturated carbocycles. The topological polar surface area (TPSA) is 55.3 Å². The zero-order chi connectivity index (χ0) is 17.7. The number of hydrogen-bond donors (Lipinski definition) is 0. The smallest absolute Gasteiger partial charge is 0.155 e. The predicted octanol–water partition coefficient (Wildman–Crippen LogP) is 4.06. The van der Waals surface area contributed by atoms with Crippen LogP contribution >= 0.6 is 0 Å². The van der Waals surface area contributed by atoms with E-state index in [4.69, 9.17) is 4.74 Å². The molecule has 0 bridgehead atoms. The molecule has 0 N–H and O–H groups in total. The van der Waals surface area contributed by atoms with Crippen molar-refractivity contribution in [2.45, 2.75) is 29.6 Å². The van der Waals surface area contributed by atoms with Crippen molar-refractivity contribution in [1.29, 1.82) is 0 Å². The Morgan fingerprint density at radius 3 is 2.42 bits per heavy atom. The quantitative estimate of drug-likeness (QED) is 0.510. The first-order valence-electron chi connectivity index (χ1n) is 8.63. The summed E-state index contributed by atoms with van der Waals surface area (Å²) in [6.07, 6.45) is 5.46. The maximum absolute atomic E-state index is 13.0. The van der Waals surface area contributed by atoms with Crippen molar-refractivity contribution in [2.75, 3.05) is 11.5 Å². The number of aromatic nitrogens is 2. The molecule has 0 spiro atoms. The van der Waals surface area contributed by atoms with Gasteiger partial charge in [-0.3, -0.25) is 4.90 Å². The van der Waals surface area contributed by atoms with Crippen LogP contribution in [0.5, 0.6) is 5.75 Å². The van der Waals surface area contributed by atoms with Gasteiger partial charge in [-0.25, -0.2) is 14.2 Å². The lowest BCUT2D eigenvalue weighted by molar-refractivity contribution is 0.289. The summed E-state index contributed by atoms with van der Waals surface area (Å²) >= 11 is 0. The maximum atomic E-state index is 13.0. The van der Waals surface area contributed by atoms with Gasteiger partial charge in [-0.15, -0.1) is 0 Å². The van der Waals surface area contributed by atoms with Crippen molar-refractivity contribution in [2.24, 2.45) is 0 Å². The second kappa shape index (κ2) is 5.92. The molecule has 0 amide bonds. The van der Waals surface area contributed by atoms with E-state index in [2.05, 4.69) is 23.0 Å². The molecule has 130 valence electrons. The standard InChI is InChI=1S/C20H17N3O2S/c1-13-8-9-15(18-14(13)5-4-12-25-18)23-19-16(6-2-10-21-19)26(24)17-7-3-11-22-20(17)23/h2-3,6-11H,4-5,12H2,1H3. The minimum Gasteiger partial charge on any atom is -0.491 e. The monoisotopic (exact) mass is 363 g/mol. The zero-order valence-electron chi connectivity index (χ0n) is 14.3. The first-order valence-corrected chi connectivity index (χ1v) is 9.78. The molecule has 5 rings (SSSR count). The van der Waals surface area contributed by atoms with Gasteiger partial charge < -0.3 is 4.74 Å². The molecule has 0 unspecified atom stereocenters. The third-order valence-corrected chi connectivity index (χ3v) is 6.29. The molecule has 4 heterocycles. The highest BCUT2D eigenvalue weighted by Crippen LogP contribution is 2.48. The van der Waals surface area contributed by atoms with Gasteiger partial charge in [0, 0.05) is 12.4 Å². The van der Waals surface area contributed by atoms with Gasteiger partial charge in [0.15, 0.2) is 11.6 Å². The Morgan fingerprint density at radius 1 is 1.04 bits per heavy atom. The number of pyridine rings is 2. The molecule has 1 aromatic carbocycles. The summed E-state index contributed by atoms with van der Waals surface area (Å²) < 4.78 is 19.1. The van der Waals surface area contributed by atoms with Crippen molar-refractivity contribution in [1.82, 2.24) is 9.97 Å². The Hall–Kier alpha value is -2.73. The van der Waals surface area contributed by atoms with E-state index in [0.717, 1.165) is 24.3 Å². The van der Waals surface area contributed by atoms with Crippen LogP contribution in [0.15, 0.2) is 58.6 Å². The van der Waals surface area contributed by atoms with Crippen molar-refractivity contribution < 1.29 is 8.95 Å². The Kier molecular flexibility index (Phi) is 3.53. The number of benzene rings is 1. The molecular formula is C20H17N3O2S. The number of anilines is 3. The first kappa shape index (κ1) is 15.5. The fourth-order valence-corrected chi connectivity index (χ4v) is 4.88. The van der Waals surface area contributed by atoms with Gasteiger partial charge in [0.25, 0.3) is 0 Å². The minimum absolute atomic E-state index is 0.650. The van der Waals surface area contributed by atoms with Crippen LogP contribution in [-0.2, 0) is 17.2 Å². The average Bonchev–Trinajstić information content (AvgIpc) is 2.70. The molecular weight excluding hydrogens is 346 g/mol. The van der Waals surface area contributed by atoms with Gasteiger partial charge in [-0.2, -0.15) is 0 Å². The van der Waals surface area contributed by atoms with Gasteiger partial charge in [0.05, 0.1) is 32.9 Å². The lowest BCUT2D eigenvalue weighted by Crippen LogP contribution is -2.23. The lowest BCUT2D eigenvalue weighted by atomic mass is 9.99. The number of rotatable bonds is 1. The molecule has 0 atom stereocenters. The number of aryl methyl sites for hydroxylation is 1. The largest absolute Gasteiger partial charge is 0.491 e. The number of ether oxygens (including phenoxy) is 1. The van der Waals surface area contributed by atoms with Crippen LogP contribution in [-0.4, -0.2) is 20.8 Å². The van der Waals surface area contributed by atoms with Crippen LogP contribution in [0.4, 0.5) is 17.3 Å². The molecule has 2 aliphatic rings. The van der Waals surface area contributed by atoms with Gasteiger partial charge in [-0.1, -0.05) is 6.07 Å². The maximum Gasteiger partial charge on any atom is 0.155 e. The van der Waals surface area contributed by atoms with Crippen molar-refractivity contribution >= 4 is 28.1 Å². The summed E-state index contributed by atoms with van der Waals surface area (Å²) in [7, 11) is -1.30. The molecule has 0 fully saturated rings. The lowest BCUT2D eigenvalue weighted by Gasteiger charge is -2.33. The van der Waals surface area contributed by atoms with Crippen molar-refractivity contribution in [3.8, 4) is 5.75 Å². The summed E-state index contributed by atoms with van der Waals surface area (Å²) in [6.45, 7) is 2.81. The average molecular weight is 363 g/mol.